The molecule has 0 aliphatic carbocycles. The van der Waals surface area contributed by atoms with Gasteiger partial charge in [0.1, 0.15) is 11.4 Å². The minimum atomic E-state index is -0.732. The summed E-state index contributed by atoms with van der Waals surface area (Å²) >= 11 is 0. The largest absolute Gasteiger partial charge is 0.493 e. The maximum Gasteiger partial charge on any atom is 0.436 e. The van der Waals surface area contributed by atoms with Gasteiger partial charge in [0.2, 0.25) is 0 Å². The average molecular weight is 280 g/mol. The molecule has 1 amide bonds. The monoisotopic (exact) mass is 280 g/mol. The van der Waals surface area contributed by atoms with Crippen LogP contribution in [0, 0.1) is 0 Å². The number of ether oxygens (including phenoxy) is 3. The Morgan fingerprint density at radius 3 is 2.25 bits per heavy atom. The highest BCUT2D eigenvalue weighted by Crippen LogP contribution is 2.27. The van der Waals surface area contributed by atoms with Gasteiger partial charge in [-0.15, -0.1) is 0 Å². The summed E-state index contributed by atoms with van der Waals surface area (Å²) in [4.78, 5) is 15.3. The number of carbonyl (C=O) groups is 1. The Morgan fingerprint density at radius 1 is 1.15 bits per heavy atom. The molecule has 110 valence electrons. The highest BCUT2D eigenvalue weighted by atomic mass is 16.6. The van der Waals surface area contributed by atoms with Crippen molar-refractivity contribution < 1.29 is 19.0 Å². The van der Waals surface area contributed by atoms with Crippen LogP contribution in [0.25, 0.3) is 0 Å². The van der Waals surface area contributed by atoms with Crippen LogP contribution >= 0.6 is 0 Å². The van der Waals surface area contributed by atoms with Gasteiger partial charge in [0.25, 0.3) is 0 Å². The quantitative estimate of drug-likeness (QED) is 0.678. The van der Waals surface area contributed by atoms with E-state index in [4.69, 9.17) is 19.9 Å². The highest BCUT2D eigenvalue weighted by molar-refractivity contribution is 6.03. The van der Waals surface area contributed by atoms with E-state index in [2.05, 4.69) is 4.99 Å². The van der Waals surface area contributed by atoms with E-state index in [1.54, 1.807) is 39.0 Å². The molecule has 0 aromatic heterocycles. The lowest BCUT2D eigenvalue weighted by Crippen LogP contribution is -2.24. The van der Waals surface area contributed by atoms with Crippen LogP contribution in [-0.2, 0) is 4.74 Å². The Labute approximate surface area is 118 Å². The normalized spacial score (nSPS) is 11.9. The van der Waals surface area contributed by atoms with Gasteiger partial charge in [0, 0.05) is 5.56 Å². The number of benzene rings is 1. The lowest BCUT2D eigenvalue weighted by molar-refractivity contribution is 0.0604. The fraction of sp³-hybridized carbons (Fsp3) is 0.429. The molecule has 0 aliphatic heterocycles. The highest BCUT2D eigenvalue weighted by Gasteiger charge is 2.16. The van der Waals surface area contributed by atoms with Gasteiger partial charge < -0.3 is 19.9 Å². The summed E-state index contributed by atoms with van der Waals surface area (Å²) < 4.78 is 15.4. The molecule has 1 rings (SSSR count). The molecule has 0 saturated carbocycles. The molecule has 0 heterocycles. The van der Waals surface area contributed by atoms with Crippen molar-refractivity contribution in [2.24, 2.45) is 10.7 Å². The van der Waals surface area contributed by atoms with Gasteiger partial charge >= 0.3 is 6.09 Å². The van der Waals surface area contributed by atoms with Crippen LogP contribution < -0.4 is 15.2 Å². The van der Waals surface area contributed by atoms with Crippen molar-refractivity contribution >= 4 is 11.9 Å². The Hall–Kier alpha value is -2.24. The molecule has 6 nitrogen and oxygen atoms in total. The molecule has 0 atom stereocenters. The molecule has 0 spiro atoms. The topological polar surface area (TPSA) is 83.1 Å². The van der Waals surface area contributed by atoms with Crippen LogP contribution in [0.4, 0.5) is 4.79 Å². The van der Waals surface area contributed by atoms with Crippen LogP contribution in [0.15, 0.2) is 23.2 Å². The number of hydrogen-bond acceptors (Lipinski definition) is 4. The van der Waals surface area contributed by atoms with E-state index < -0.39 is 11.7 Å². The van der Waals surface area contributed by atoms with Gasteiger partial charge in [-0.05, 0) is 39.0 Å². The van der Waals surface area contributed by atoms with Crippen LogP contribution in [-0.4, -0.2) is 31.7 Å². The van der Waals surface area contributed by atoms with Crippen LogP contribution in [0.1, 0.15) is 26.3 Å². The lowest BCUT2D eigenvalue weighted by Gasteiger charge is -2.17. The molecule has 0 saturated heterocycles. The fourth-order valence-corrected chi connectivity index (χ4v) is 1.44. The lowest BCUT2D eigenvalue weighted by atomic mass is 10.2. The minimum absolute atomic E-state index is 0.0557. The maximum absolute atomic E-state index is 11.6. The van der Waals surface area contributed by atoms with Crippen LogP contribution in [0.2, 0.25) is 0 Å². The molecule has 1 aromatic rings. The fourth-order valence-electron chi connectivity index (χ4n) is 1.44. The van der Waals surface area contributed by atoms with E-state index >= 15 is 0 Å². The number of nitrogens with two attached hydrogens (primary N) is 1. The molecule has 0 aliphatic rings. The summed E-state index contributed by atoms with van der Waals surface area (Å²) in [5.41, 5.74) is 5.72. The third-order valence-corrected chi connectivity index (χ3v) is 2.28. The van der Waals surface area contributed by atoms with Crippen molar-refractivity contribution in [3.05, 3.63) is 23.8 Å². The summed E-state index contributed by atoms with van der Waals surface area (Å²) in [5, 5.41) is 0. The Bertz CT molecular complexity index is 518. The Morgan fingerprint density at radius 2 is 1.75 bits per heavy atom. The van der Waals surface area contributed by atoms with E-state index in [0.717, 1.165) is 0 Å². The van der Waals surface area contributed by atoms with Crippen molar-refractivity contribution in [3.8, 4) is 11.5 Å². The van der Waals surface area contributed by atoms with Gasteiger partial charge in [-0.25, -0.2) is 4.79 Å². The summed E-state index contributed by atoms with van der Waals surface area (Å²) in [6, 6.07) is 5.01. The van der Waals surface area contributed by atoms with E-state index in [-0.39, 0.29) is 5.84 Å². The van der Waals surface area contributed by atoms with Crippen molar-refractivity contribution in [3.63, 3.8) is 0 Å². The second-order valence-corrected chi connectivity index (χ2v) is 5.05. The van der Waals surface area contributed by atoms with Crippen molar-refractivity contribution in [2.45, 2.75) is 26.4 Å². The van der Waals surface area contributed by atoms with Gasteiger partial charge in [-0.3, -0.25) is 0 Å². The zero-order valence-corrected chi connectivity index (χ0v) is 12.4. The molecule has 0 fully saturated rings. The summed E-state index contributed by atoms with van der Waals surface area (Å²) in [6.45, 7) is 5.27. The number of hydrogen-bond donors (Lipinski definition) is 1. The second-order valence-electron chi connectivity index (χ2n) is 5.05. The number of nitrogens with zero attached hydrogens (tertiary/aromatic N) is 1. The summed E-state index contributed by atoms with van der Waals surface area (Å²) in [7, 11) is 3.05. The number of carbonyl (C=O) groups excluding carboxylic acids is 1. The molecule has 20 heavy (non-hydrogen) atoms. The summed E-state index contributed by atoms with van der Waals surface area (Å²) in [5.74, 6) is 1.13. The summed E-state index contributed by atoms with van der Waals surface area (Å²) in [6.07, 6.45) is -0.732. The predicted molar refractivity (Wildman–Crippen MR) is 76.5 cm³/mol. The molecule has 1 aromatic carbocycles. The number of aliphatic imine (C=N–C) groups is 1. The van der Waals surface area contributed by atoms with Crippen LogP contribution in [0.5, 0.6) is 11.5 Å². The standard InChI is InChI=1S/C14H20N2O4/c1-14(2,3)20-13(17)16-12(15)9-6-7-10(18-4)11(8-9)19-5/h6-8H,1-5H3,(H2,15,16,17). The van der Waals surface area contributed by atoms with Crippen molar-refractivity contribution in [1.82, 2.24) is 0 Å². The molecular formula is C14H20N2O4. The first-order chi connectivity index (χ1) is 9.26. The first-order valence-corrected chi connectivity index (χ1v) is 6.06. The predicted octanol–water partition coefficient (Wildman–Crippen LogP) is 2.34. The zero-order valence-electron chi connectivity index (χ0n) is 12.4. The molecule has 0 radical (unpaired) electrons. The van der Waals surface area contributed by atoms with Gasteiger partial charge in [-0.1, -0.05) is 0 Å². The first kappa shape index (κ1) is 15.8. The average Bonchev–Trinajstić information content (AvgIpc) is 2.35. The number of amides is 1. The number of rotatable bonds is 3. The van der Waals surface area contributed by atoms with E-state index in [1.807, 2.05) is 0 Å². The van der Waals surface area contributed by atoms with E-state index in [0.29, 0.717) is 17.1 Å². The molecule has 6 heteroatoms. The number of amidine groups is 1. The maximum atomic E-state index is 11.6. The first-order valence-electron chi connectivity index (χ1n) is 6.06. The molecule has 0 bridgehead atoms. The Kier molecular flexibility index (Phi) is 4.96. The van der Waals surface area contributed by atoms with E-state index in [1.165, 1.54) is 14.2 Å². The molecule has 0 unspecified atom stereocenters. The van der Waals surface area contributed by atoms with Gasteiger partial charge in [-0.2, -0.15) is 4.99 Å². The SMILES string of the molecule is COc1ccc(/C(N)=N/C(=O)OC(C)(C)C)cc1OC. The zero-order chi connectivity index (χ0) is 15.3. The third-order valence-electron chi connectivity index (χ3n) is 2.28. The van der Waals surface area contributed by atoms with Gasteiger partial charge in [0.15, 0.2) is 11.5 Å². The second kappa shape index (κ2) is 6.27. The minimum Gasteiger partial charge on any atom is -0.493 e. The third kappa shape index (κ3) is 4.46. The van der Waals surface area contributed by atoms with Crippen LogP contribution in [0.3, 0.4) is 0 Å². The number of methoxy groups -OCH3 is 2. The Balaban J connectivity index is 2.97. The van der Waals surface area contributed by atoms with Gasteiger partial charge in [0.05, 0.1) is 14.2 Å². The smallest absolute Gasteiger partial charge is 0.436 e. The van der Waals surface area contributed by atoms with Crippen molar-refractivity contribution in [1.29, 1.82) is 0 Å². The molecule has 2 N–H and O–H groups in total. The van der Waals surface area contributed by atoms with Crippen molar-refractivity contribution in [2.75, 3.05) is 14.2 Å². The molecular weight excluding hydrogens is 260 g/mol. The van der Waals surface area contributed by atoms with E-state index in [9.17, 15) is 4.79 Å².